The van der Waals surface area contributed by atoms with E-state index in [-0.39, 0.29) is 34.8 Å². The number of piperidine rings is 2. The van der Waals surface area contributed by atoms with Crippen molar-refractivity contribution in [3.05, 3.63) is 58.1 Å². The van der Waals surface area contributed by atoms with Crippen molar-refractivity contribution in [2.24, 2.45) is 0 Å². The topological polar surface area (TPSA) is 109 Å². The number of carbonyl (C=O) groups excluding carboxylic acids is 3. The van der Waals surface area contributed by atoms with Crippen LogP contribution in [0.15, 0.2) is 36.4 Å². The molecule has 0 spiro atoms. The van der Waals surface area contributed by atoms with E-state index in [1.165, 1.54) is 18.0 Å². The highest BCUT2D eigenvalue weighted by Crippen LogP contribution is 2.40. The number of fused-ring (bicyclic) bond motifs is 1. The van der Waals surface area contributed by atoms with E-state index in [0.29, 0.717) is 51.6 Å². The number of nitrogens with zero attached hydrogens (tertiary/aromatic N) is 4. The van der Waals surface area contributed by atoms with E-state index >= 15 is 0 Å². The summed E-state index contributed by atoms with van der Waals surface area (Å²) < 4.78 is 47.8. The first-order valence-corrected chi connectivity index (χ1v) is 17.3. The Morgan fingerprint density at radius 1 is 0.980 bits per heavy atom. The molecule has 11 nitrogen and oxygen atoms in total. The number of hydrogen-bond acceptors (Lipinski definition) is 7. The number of carbonyl (C=O) groups is 3. The first-order chi connectivity index (χ1) is 23.5. The first kappa shape index (κ1) is 35.1. The Labute approximate surface area is 289 Å². The zero-order valence-electron chi connectivity index (χ0n) is 27.5. The standard InChI is InChI=1S/C34H43ClF3N7O4/c1-39-30-26(34(36,37)38)18-22(19-27(30)35)20-29(31(46)43-12-6-24(7-13-43)42-16-10-40-11-17-42)49-33(48)44-14-8-25(9-15-44)45-21-23-4-2-3-5-28(23)41-32(45)47/h2-5,18-19,24-25,29,39-40H,6-17,20-21H2,1H3,(H,41,47)/t29-/m1/s1. The number of urea groups is 1. The molecule has 49 heavy (non-hydrogen) atoms. The van der Waals surface area contributed by atoms with Crippen molar-refractivity contribution >= 4 is 41.0 Å². The summed E-state index contributed by atoms with van der Waals surface area (Å²) in [5.74, 6) is -0.437. The fourth-order valence-electron chi connectivity index (χ4n) is 7.43. The maximum atomic E-state index is 14.0. The Bertz CT molecular complexity index is 1520. The molecule has 2 aromatic carbocycles. The molecular weight excluding hydrogens is 663 g/mol. The number of benzene rings is 2. The second-order valence-corrected chi connectivity index (χ2v) is 13.5. The molecule has 0 saturated carbocycles. The Balaban J connectivity index is 1.14. The number of halogens is 4. The van der Waals surface area contributed by atoms with E-state index in [2.05, 4.69) is 20.9 Å². The van der Waals surface area contributed by atoms with Gasteiger partial charge in [-0.15, -0.1) is 0 Å². The van der Waals surface area contributed by atoms with Crippen LogP contribution in [-0.2, 0) is 28.7 Å². The summed E-state index contributed by atoms with van der Waals surface area (Å²) in [5.41, 5.74) is 0.713. The highest BCUT2D eigenvalue weighted by atomic mass is 35.5. The smallest absolute Gasteiger partial charge is 0.418 e. The van der Waals surface area contributed by atoms with Gasteiger partial charge in [-0.25, -0.2) is 9.59 Å². The van der Waals surface area contributed by atoms with Crippen LogP contribution in [-0.4, -0.2) is 115 Å². The van der Waals surface area contributed by atoms with Crippen LogP contribution in [0.25, 0.3) is 0 Å². The van der Waals surface area contributed by atoms with Crippen LogP contribution in [0.4, 0.5) is 34.1 Å². The van der Waals surface area contributed by atoms with Gasteiger partial charge >= 0.3 is 18.3 Å². The molecule has 0 aromatic heterocycles. The summed E-state index contributed by atoms with van der Waals surface area (Å²) in [6.07, 6.45) is -4.48. The predicted molar refractivity (Wildman–Crippen MR) is 180 cm³/mol. The third-order valence-corrected chi connectivity index (χ3v) is 10.4. The molecule has 0 unspecified atom stereocenters. The second-order valence-electron chi connectivity index (χ2n) is 13.1. The lowest BCUT2D eigenvalue weighted by molar-refractivity contribution is -0.142. The summed E-state index contributed by atoms with van der Waals surface area (Å²) in [6.45, 7) is 5.70. The third kappa shape index (κ3) is 8.02. The summed E-state index contributed by atoms with van der Waals surface area (Å²) in [5, 5.41) is 8.65. The second kappa shape index (κ2) is 15.0. The van der Waals surface area contributed by atoms with Crippen molar-refractivity contribution < 1.29 is 32.3 Å². The van der Waals surface area contributed by atoms with Crippen molar-refractivity contribution in [1.29, 1.82) is 0 Å². The zero-order chi connectivity index (χ0) is 34.7. The van der Waals surface area contributed by atoms with Crippen LogP contribution in [0.1, 0.15) is 42.4 Å². The number of piperazine rings is 1. The van der Waals surface area contributed by atoms with E-state index < -0.39 is 29.8 Å². The molecule has 2 aromatic rings. The normalized spacial score (nSPS) is 20.4. The van der Waals surface area contributed by atoms with Gasteiger partial charge in [0.1, 0.15) is 0 Å². The number of para-hydroxylation sites is 1. The molecule has 4 amide bonds. The molecule has 1 atom stereocenters. The van der Waals surface area contributed by atoms with Crippen LogP contribution < -0.4 is 16.0 Å². The lowest BCUT2D eigenvalue weighted by atomic mass is 9.99. The molecule has 15 heteroatoms. The maximum absolute atomic E-state index is 14.0. The average Bonchev–Trinajstić information content (AvgIpc) is 3.10. The largest absolute Gasteiger partial charge is 0.436 e. The molecule has 6 rings (SSSR count). The number of ether oxygens (including phenoxy) is 1. The van der Waals surface area contributed by atoms with Crippen molar-refractivity contribution in [3.8, 4) is 0 Å². The van der Waals surface area contributed by atoms with E-state index in [1.807, 2.05) is 24.3 Å². The Hall–Kier alpha value is -3.75. The van der Waals surface area contributed by atoms with Crippen LogP contribution in [0.5, 0.6) is 0 Å². The summed E-state index contributed by atoms with van der Waals surface area (Å²) in [6, 6.07) is 10.0. The number of rotatable bonds is 7. The Kier molecular flexibility index (Phi) is 10.8. The molecule has 0 aliphatic carbocycles. The van der Waals surface area contributed by atoms with Gasteiger partial charge in [0.15, 0.2) is 6.10 Å². The fourth-order valence-corrected chi connectivity index (χ4v) is 7.76. The number of amides is 4. The van der Waals surface area contributed by atoms with E-state index in [4.69, 9.17) is 16.3 Å². The van der Waals surface area contributed by atoms with Crippen LogP contribution in [0.3, 0.4) is 0 Å². The Morgan fingerprint density at radius 3 is 2.31 bits per heavy atom. The highest BCUT2D eigenvalue weighted by Gasteiger charge is 2.38. The predicted octanol–water partition coefficient (Wildman–Crippen LogP) is 4.86. The minimum absolute atomic E-state index is 0.0968. The van der Waals surface area contributed by atoms with E-state index in [1.54, 1.807) is 9.80 Å². The van der Waals surface area contributed by atoms with Crippen LogP contribution >= 0.6 is 11.6 Å². The highest BCUT2D eigenvalue weighted by molar-refractivity contribution is 6.33. The van der Waals surface area contributed by atoms with E-state index in [9.17, 15) is 27.6 Å². The zero-order valence-corrected chi connectivity index (χ0v) is 28.3. The SMILES string of the molecule is CNc1c(Cl)cc(C[C@@H](OC(=O)N2CCC(N3Cc4ccccc4NC3=O)CC2)C(=O)N2CCC(N3CCNCC3)CC2)cc1C(F)(F)F. The molecule has 0 bridgehead atoms. The summed E-state index contributed by atoms with van der Waals surface area (Å²) in [7, 11) is 1.36. The quantitative estimate of drug-likeness (QED) is 0.378. The van der Waals surface area contributed by atoms with Crippen LogP contribution in [0.2, 0.25) is 5.02 Å². The van der Waals surface area contributed by atoms with Gasteiger partial charge in [0.25, 0.3) is 5.91 Å². The molecule has 4 aliphatic rings. The van der Waals surface area contributed by atoms with Crippen LogP contribution in [0, 0.1) is 0 Å². The fraction of sp³-hybridized carbons (Fsp3) is 0.559. The van der Waals surface area contributed by atoms with Crippen molar-refractivity contribution in [2.45, 2.75) is 63.0 Å². The van der Waals surface area contributed by atoms with Gasteiger partial charge in [0.05, 0.1) is 16.3 Å². The number of anilines is 2. The first-order valence-electron chi connectivity index (χ1n) is 16.9. The lowest BCUT2D eigenvalue weighted by Crippen LogP contribution is -2.54. The number of nitrogens with one attached hydrogen (secondary N) is 3. The number of likely N-dealkylation sites (tertiary alicyclic amines) is 2. The minimum atomic E-state index is -4.70. The van der Waals surface area contributed by atoms with Gasteiger partial charge in [-0.3, -0.25) is 9.69 Å². The number of hydrogen-bond donors (Lipinski definition) is 3. The Morgan fingerprint density at radius 2 is 1.63 bits per heavy atom. The molecule has 4 aliphatic heterocycles. The molecule has 3 N–H and O–H groups in total. The minimum Gasteiger partial charge on any atom is -0.436 e. The van der Waals surface area contributed by atoms with Gasteiger partial charge in [0, 0.05) is 90.1 Å². The third-order valence-electron chi connectivity index (χ3n) is 10.1. The van der Waals surface area contributed by atoms with Gasteiger partial charge < -0.3 is 35.4 Å². The average molecular weight is 706 g/mol. The number of alkyl halides is 3. The van der Waals surface area contributed by atoms with Crippen molar-refractivity contribution in [2.75, 3.05) is 70.0 Å². The van der Waals surface area contributed by atoms with Gasteiger partial charge in [-0.2, -0.15) is 13.2 Å². The molecule has 0 radical (unpaired) electrons. The molecule has 266 valence electrons. The van der Waals surface area contributed by atoms with Crippen molar-refractivity contribution in [1.82, 2.24) is 24.9 Å². The van der Waals surface area contributed by atoms with Gasteiger partial charge in [-0.1, -0.05) is 29.8 Å². The lowest BCUT2D eigenvalue weighted by Gasteiger charge is -2.41. The van der Waals surface area contributed by atoms with Crippen molar-refractivity contribution in [3.63, 3.8) is 0 Å². The van der Waals surface area contributed by atoms with E-state index in [0.717, 1.165) is 56.3 Å². The molecular formula is C34H43ClF3N7O4. The van der Waals surface area contributed by atoms with Gasteiger partial charge in [0.2, 0.25) is 0 Å². The molecule has 4 heterocycles. The summed E-state index contributed by atoms with van der Waals surface area (Å²) in [4.78, 5) is 47.8. The monoisotopic (exact) mass is 705 g/mol. The molecule has 3 saturated heterocycles. The summed E-state index contributed by atoms with van der Waals surface area (Å²) >= 11 is 6.27. The van der Waals surface area contributed by atoms with Gasteiger partial charge in [-0.05, 0) is 55.0 Å². The molecule has 3 fully saturated rings. The maximum Gasteiger partial charge on any atom is 0.418 e.